The minimum Gasteiger partial charge on any atom is -0.480 e. The molecule has 0 aliphatic carbocycles. The number of carboxylic acids is 1. The van der Waals surface area contributed by atoms with Crippen LogP contribution in [0.2, 0.25) is 0 Å². The Kier molecular flexibility index (Phi) is 3.57. The van der Waals surface area contributed by atoms with Crippen molar-refractivity contribution in [3.63, 3.8) is 0 Å². The summed E-state index contributed by atoms with van der Waals surface area (Å²) in [6.07, 6.45) is 2.30. The molecule has 0 spiro atoms. The predicted octanol–water partition coefficient (Wildman–Crippen LogP) is 1.53. The molecule has 3 atom stereocenters. The number of hydrogen-bond acceptors (Lipinski definition) is 3. The number of likely N-dealkylation sites (tertiary alicyclic amines) is 1. The largest absolute Gasteiger partial charge is 0.480 e. The lowest BCUT2D eigenvalue weighted by molar-refractivity contribution is -0.143. The van der Waals surface area contributed by atoms with Crippen LogP contribution in [0.5, 0.6) is 0 Å². The van der Waals surface area contributed by atoms with Crippen LogP contribution in [-0.4, -0.2) is 46.6 Å². The molecule has 2 rings (SSSR count). The van der Waals surface area contributed by atoms with Gasteiger partial charge in [-0.2, -0.15) is 11.8 Å². The van der Waals surface area contributed by atoms with Crippen molar-refractivity contribution in [2.24, 2.45) is 11.8 Å². The van der Waals surface area contributed by atoms with Gasteiger partial charge in [-0.3, -0.25) is 9.69 Å². The summed E-state index contributed by atoms with van der Waals surface area (Å²) in [6, 6.07) is -0.226. The zero-order chi connectivity index (χ0) is 10.8. The Labute approximate surface area is 95.2 Å². The summed E-state index contributed by atoms with van der Waals surface area (Å²) in [4.78, 5) is 13.3. The maximum absolute atomic E-state index is 11.1. The van der Waals surface area contributed by atoms with Crippen LogP contribution >= 0.6 is 11.8 Å². The van der Waals surface area contributed by atoms with Gasteiger partial charge in [0.05, 0.1) is 0 Å². The summed E-state index contributed by atoms with van der Waals surface area (Å²) in [5.41, 5.74) is 0. The monoisotopic (exact) mass is 229 g/mol. The lowest BCUT2D eigenvalue weighted by atomic mass is 10.0. The van der Waals surface area contributed by atoms with E-state index in [0.29, 0.717) is 5.92 Å². The topological polar surface area (TPSA) is 40.5 Å². The van der Waals surface area contributed by atoms with E-state index >= 15 is 0 Å². The molecule has 2 aliphatic rings. The summed E-state index contributed by atoms with van der Waals surface area (Å²) < 4.78 is 0. The van der Waals surface area contributed by atoms with E-state index < -0.39 is 5.97 Å². The zero-order valence-corrected chi connectivity index (χ0v) is 10.0. The van der Waals surface area contributed by atoms with E-state index in [9.17, 15) is 9.90 Å². The smallest absolute Gasteiger partial charge is 0.321 e. The zero-order valence-electron chi connectivity index (χ0n) is 9.19. The minimum absolute atomic E-state index is 0.226. The molecule has 2 heterocycles. The minimum atomic E-state index is -0.634. The van der Waals surface area contributed by atoms with Gasteiger partial charge in [0.25, 0.3) is 0 Å². The first-order chi connectivity index (χ1) is 7.18. The molecule has 0 radical (unpaired) electrons. The third kappa shape index (κ3) is 2.48. The molecule has 3 nitrogen and oxygen atoms in total. The van der Waals surface area contributed by atoms with Crippen LogP contribution in [0.25, 0.3) is 0 Å². The first-order valence-corrected chi connectivity index (χ1v) is 6.88. The van der Waals surface area contributed by atoms with Crippen molar-refractivity contribution in [3.05, 3.63) is 0 Å². The molecule has 3 unspecified atom stereocenters. The average Bonchev–Trinajstić information content (AvgIpc) is 2.76. The lowest BCUT2D eigenvalue weighted by Crippen LogP contribution is -2.41. The van der Waals surface area contributed by atoms with Crippen LogP contribution < -0.4 is 0 Å². The van der Waals surface area contributed by atoms with Gasteiger partial charge in [0.15, 0.2) is 0 Å². The molecule has 0 aromatic carbocycles. The van der Waals surface area contributed by atoms with Crippen LogP contribution in [0.3, 0.4) is 0 Å². The second-order valence-electron chi connectivity index (χ2n) is 4.77. The number of carbonyl (C=O) groups is 1. The van der Waals surface area contributed by atoms with Crippen molar-refractivity contribution in [2.75, 3.05) is 24.6 Å². The third-order valence-electron chi connectivity index (χ3n) is 3.57. The normalized spacial score (nSPS) is 37.3. The first kappa shape index (κ1) is 11.3. The maximum atomic E-state index is 11.1. The van der Waals surface area contributed by atoms with E-state index in [0.717, 1.165) is 25.4 Å². The van der Waals surface area contributed by atoms with Crippen molar-refractivity contribution < 1.29 is 9.90 Å². The van der Waals surface area contributed by atoms with Gasteiger partial charge in [-0.25, -0.2) is 0 Å². The predicted molar refractivity (Wildman–Crippen MR) is 62.2 cm³/mol. The number of carboxylic acid groups (broad SMARTS) is 1. The molecule has 1 N–H and O–H groups in total. The molecule has 0 aromatic rings. The van der Waals surface area contributed by atoms with Crippen LogP contribution in [0.15, 0.2) is 0 Å². The highest BCUT2D eigenvalue weighted by atomic mass is 32.2. The number of hydrogen-bond donors (Lipinski definition) is 1. The summed E-state index contributed by atoms with van der Waals surface area (Å²) in [5, 5.41) is 9.18. The fraction of sp³-hybridized carbons (Fsp3) is 0.909. The number of aliphatic carboxylic acids is 1. The van der Waals surface area contributed by atoms with Gasteiger partial charge in [0.1, 0.15) is 6.04 Å². The molecule has 0 amide bonds. The van der Waals surface area contributed by atoms with E-state index in [1.807, 2.05) is 11.8 Å². The van der Waals surface area contributed by atoms with Gasteiger partial charge in [-0.05, 0) is 42.7 Å². The molecule has 86 valence electrons. The van der Waals surface area contributed by atoms with Gasteiger partial charge in [-0.15, -0.1) is 0 Å². The maximum Gasteiger partial charge on any atom is 0.321 e. The number of thioether (sulfide) groups is 1. The standard InChI is InChI=1S/C11H19NO2S/c1-8-2-4-12(10(8)11(13)14)6-9-3-5-15-7-9/h8-10H,2-7H2,1H3,(H,13,14). The first-order valence-electron chi connectivity index (χ1n) is 5.73. The highest BCUT2D eigenvalue weighted by Crippen LogP contribution is 2.29. The van der Waals surface area contributed by atoms with E-state index in [1.54, 1.807) is 0 Å². The summed E-state index contributed by atoms with van der Waals surface area (Å²) >= 11 is 2.00. The van der Waals surface area contributed by atoms with Crippen LogP contribution in [0.4, 0.5) is 0 Å². The van der Waals surface area contributed by atoms with Gasteiger partial charge in [0, 0.05) is 6.54 Å². The molecule has 0 saturated carbocycles. The van der Waals surface area contributed by atoms with Crippen LogP contribution in [0, 0.1) is 11.8 Å². The highest BCUT2D eigenvalue weighted by Gasteiger charge is 2.37. The number of rotatable bonds is 3. The van der Waals surface area contributed by atoms with Crippen LogP contribution in [-0.2, 0) is 4.79 Å². The molecule has 4 heteroatoms. The molecule has 2 aliphatic heterocycles. The lowest BCUT2D eigenvalue weighted by Gasteiger charge is -2.25. The Morgan fingerprint density at radius 1 is 1.53 bits per heavy atom. The van der Waals surface area contributed by atoms with E-state index in [4.69, 9.17) is 0 Å². The summed E-state index contributed by atoms with van der Waals surface area (Å²) in [5.74, 6) is 2.88. The SMILES string of the molecule is CC1CCN(CC2CCSC2)C1C(=O)O. The van der Waals surface area contributed by atoms with Gasteiger partial charge in [-0.1, -0.05) is 6.92 Å². The molecule has 0 bridgehead atoms. The quantitative estimate of drug-likeness (QED) is 0.797. The Balaban J connectivity index is 1.92. The molecular weight excluding hydrogens is 210 g/mol. The van der Waals surface area contributed by atoms with Gasteiger partial charge >= 0.3 is 5.97 Å². The van der Waals surface area contributed by atoms with Crippen molar-refractivity contribution in [3.8, 4) is 0 Å². The van der Waals surface area contributed by atoms with E-state index in [2.05, 4.69) is 11.8 Å². The van der Waals surface area contributed by atoms with E-state index in [-0.39, 0.29) is 6.04 Å². The molecular formula is C11H19NO2S. The summed E-state index contributed by atoms with van der Waals surface area (Å²) in [6.45, 7) is 4.02. The summed E-state index contributed by atoms with van der Waals surface area (Å²) in [7, 11) is 0. The second kappa shape index (κ2) is 4.74. The van der Waals surface area contributed by atoms with Crippen molar-refractivity contribution in [2.45, 2.75) is 25.8 Å². The van der Waals surface area contributed by atoms with Crippen molar-refractivity contribution >= 4 is 17.7 Å². The van der Waals surface area contributed by atoms with E-state index in [1.165, 1.54) is 17.9 Å². The second-order valence-corrected chi connectivity index (χ2v) is 5.92. The Morgan fingerprint density at radius 3 is 2.93 bits per heavy atom. The fourth-order valence-corrected chi connectivity index (χ4v) is 3.96. The Hall–Kier alpha value is -0.220. The molecule has 15 heavy (non-hydrogen) atoms. The Bertz CT molecular complexity index is 241. The Morgan fingerprint density at radius 2 is 2.33 bits per heavy atom. The van der Waals surface area contributed by atoms with Crippen molar-refractivity contribution in [1.82, 2.24) is 4.90 Å². The van der Waals surface area contributed by atoms with Gasteiger partial charge < -0.3 is 5.11 Å². The molecule has 2 saturated heterocycles. The molecule has 2 fully saturated rings. The van der Waals surface area contributed by atoms with Crippen molar-refractivity contribution in [1.29, 1.82) is 0 Å². The number of nitrogens with zero attached hydrogens (tertiary/aromatic N) is 1. The highest BCUT2D eigenvalue weighted by molar-refractivity contribution is 7.99. The average molecular weight is 229 g/mol. The molecule has 0 aromatic heterocycles. The van der Waals surface area contributed by atoms with Crippen LogP contribution in [0.1, 0.15) is 19.8 Å². The third-order valence-corrected chi connectivity index (χ3v) is 4.81. The fourth-order valence-electron chi connectivity index (χ4n) is 2.69. The van der Waals surface area contributed by atoms with Gasteiger partial charge in [0.2, 0.25) is 0 Å².